The Hall–Kier alpha value is -1.93. The number of hydrogen-bond donors (Lipinski definition) is 0. The summed E-state index contributed by atoms with van der Waals surface area (Å²) >= 11 is 0. The van der Waals surface area contributed by atoms with Crippen molar-refractivity contribution < 1.29 is 9.21 Å². The molecule has 2 nitrogen and oxygen atoms in total. The maximum atomic E-state index is 11.0. The second kappa shape index (κ2) is 4.05. The fourth-order valence-electron chi connectivity index (χ4n) is 0.620. The second-order valence-corrected chi connectivity index (χ2v) is 1.93. The third-order valence-electron chi connectivity index (χ3n) is 1.11. The van der Waals surface area contributed by atoms with Crippen LogP contribution in [0.25, 0.3) is 0 Å². The van der Waals surface area contributed by atoms with Crippen molar-refractivity contribution in [1.82, 2.24) is 0 Å². The molecule has 0 fully saturated rings. The summed E-state index contributed by atoms with van der Waals surface area (Å²) in [4.78, 5) is 11.0. The number of furan rings is 1. The van der Waals surface area contributed by atoms with Crippen molar-refractivity contribution in [3.05, 3.63) is 24.2 Å². The normalized spacial score (nSPS) is 7.42. The predicted octanol–water partition coefficient (Wildman–Crippen LogP) is 1.49. The third kappa shape index (κ3) is 2.04. The van der Waals surface area contributed by atoms with Crippen LogP contribution in [-0.4, -0.2) is 5.78 Å². The number of carbonyl (C=O) groups excluding carboxylic acids is 1. The number of rotatable bonds is 1. The van der Waals surface area contributed by atoms with Crippen molar-refractivity contribution in [3.8, 4) is 23.7 Å². The zero-order valence-corrected chi connectivity index (χ0v) is 6.55. The highest BCUT2D eigenvalue weighted by atomic mass is 16.3. The molecule has 0 saturated carbocycles. The lowest BCUT2D eigenvalue weighted by atomic mass is 10.3. The van der Waals surface area contributed by atoms with Gasteiger partial charge in [0.25, 0.3) is 5.78 Å². The Morgan fingerprint density at radius 3 is 2.92 bits per heavy atom. The highest BCUT2D eigenvalue weighted by Crippen LogP contribution is 1.99. The molecule has 0 atom stereocenters. The maximum absolute atomic E-state index is 11.0. The molecular formula is C10H6O2. The molecule has 0 aliphatic rings. The van der Waals surface area contributed by atoms with E-state index >= 15 is 0 Å². The quantitative estimate of drug-likeness (QED) is 0.352. The summed E-state index contributed by atoms with van der Waals surface area (Å²) < 4.78 is 4.83. The van der Waals surface area contributed by atoms with E-state index in [9.17, 15) is 4.79 Å². The molecule has 0 unspecified atom stereocenters. The minimum atomic E-state index is -0.345. The lowest BCUT2D eigenvalue weighted by Gasteiger charge is -1.80. The van der Waals surface area contributed by atoms with Gasteiger partial charge in [0.2, 0.25) is 0 Å². The first-order valence-corrected chi connectivity index (χ1v) is 3.35. The van der Waals surface area contributed by atoms with Gasteiger partial charge in [0.15, 0.2) is 5.76 Å². The first-order chi connectivity index (χ1) is 5.84. The molecule has 0 amide bonds. The molecule has 1 aromatic rings. The average Bonchev–Trinajstić information content (AvgIpc) is 2.56. The van der Waals surface area contributed by atoms with E-state index in [1.807, 2.05) is 0 Å². The molecule has 1 aromatic heterocycles. The largest absolute Gasteiger partial charge is 0.460 e. The van der Waals surface area contributed by atoms with Crippen LogP contribution >= 0.6 is 0 Å². The molecule has 0 aliphatic heterocycles. The highest BCUT2D eigenvalue weighted by Gasteiger charge is 2.02. The van der Waals surface area contributed by atoms with Crippen LogP contribution in [0.2, 0.25) is 0 Å². The summed E-state index contributed by atoms with van der Waals surface area (Å²) in [6.45, 7) is 1.66. The van der Waals surface area contributed by atoms with Gasteiger partial charge in [-0.15, -0.1) is 0 Å². The first kappa shape index (κ1) is 8.17. The minimum Gasteiger partial charge on any atom is -0.460 e. The van der Waals surface area contributed by atoms with Gasteiger partial charge in [0.05, 0.1) is 6.26 Å². The fourth-order valence-corrected chi connectivity index (χ4v) is 0.620. The lowest BCUT2D eigenvalue weighted by Crippen LogP contribution is -1.90. The van der Waals surface area contributed by atoms with Crippen molar-refractivity contribution in [2.45, 2.75) is 6.92 Å². The summed E-state index contributed by atoms with van der Waals surface area (Å²) in [6.07, 6.45) is 1.43. The molecule has 1 heterocycles. The summed E-state index contributed by atoms with van der Waals surface area (Å²) in [5, 5.41) is 0. The van der Waals surface area contributed by atoms with Crippen LogP contribution in [0, 0.1) is 23.7 Å². The zero-order chi connectivity index (χ0) is 8.81. The highest BCUT2D eigenvalue weighted by molar-refractivity contribution is 6.07. The Morgan fingerprint density at radius 1 is 1.50 bits per heavy atom. The zero-order valence-electron chi connectivity index (χ0n) is 6.55. The molecule has 0 saturated heterocycles. The van der Waals surface area contributed by atoms with E-state index < -0.39 is 0 Å². The van der Waals surface area contributed by atoms with Gasteiger partial charge >= 0.3 is 0 Å². The molecule has 0 aromatic carbocycles. The Morgan fingerprint density at radius 2 is 2.33 bits per heavy atom. The van der Waals surface area contributed by atoms with Crippen LogP contribution < -0.4 is 0 Å². The molecule has 2 heteroatoms. The van der Waals surface area contributed by atoms with Crippen molar-refractivity contribution in [3.63, 3.8) is 0 Å². The summed E-state index contributed by atoms with van der Waals surface area (Å²) in [7, 11) is 0. The standard InChI is InChI=1S/C10H6O2/c1-2-3-4-6-9(11)10-7-5-8-12-10/h5,7-8H,1H3. The third-order valence-corrected chi connectivity index (χ3v) is 1.11. The van der Waals surface area contributed by atoms with Gasteiger partial charge in [0, 0.05) is 0 Å². The van der Waals surface area contributed by atoms with Gasteiger partial charge in [0.1, 0.15) is 0 Å². The lowest BCUT2D eigenvalue weighted by molar-refractivity contribution is 0.103. The van der Waals surface area contributed by atoms with Gasteiger partial charge < -0.3 is 4.42 Å². The van der Waals surface area contributed by atoms with E-state index in [4.69, 9.17) is 4.42 Å². The number of carbonyl (C=O) groups is 1. The van der Waals surface area contributed by atoms with Crippen LogP contribution in [-0.2, 0) is 0 Å². The fraction of sp³-hybridized carbons (Fsp3) is 0.100. The summed E-state index contributed by atoms with van der Waals surface area (Å²) in [5.74, 6) is 9.67. The van der Waals surface area contributed by atoms with Crippen molar-refractivity contribution in [1.29, 1.82) is 0 Å². The molecule has 0 aliphatic carbocycles. The monoisotopic (exact) mass is 158 g/mol. The number of hydrogen-bond acceptors (Lipinski definition) is 2. The summed E-state index contributed by atoms with van der Waals surface area (Å²) in [6, 6.07) is 3.21. The first-order valence-electron chi connectivity index (χ1n) is 3.35. The Labute approximate surface area is 70.6 Å². The molecule has 58 valence electrons. The Kier molecular flexibility index (Phi) is 2.76. The SMILES string of the molecule is CC#CC#CC(=O)c1ccco1. The molecule has 0 radical (unpaired) electrons. The van der Waals surface area contributed by atoms with Crippen LogP contribution in [0.1, 0.15) is 17.5 Å². The van der Waals surface area contributed by atoms with E-state index in [-0.39, 0.29) is 11.5 Å². The second-order valence-electron chi connectivity index (χ2n) is 1.93. The van der Waals surface area contributed by atoms with Gasteiger partial charge in [-0.3, -0.25) is 4.79 Å². The van der Waals surface area contributed by atoms with Crippen LogP contribution in [0.5, 0.6) is 0 Å². The summed E-state index contributed by atoms with van der Waals surface area (Å²) in [5.41, 5.74) is 0. The minimum absolute atomic E-state index is 0.250. The van der Waals surface area contributed by atoms with Crippen molar-refractivity contribution >= 4 is 5.78 Å². The average molecular weight is 158 g/mol. The van der Waals surface area contributed by atoms with E-state index in [1.54, 1.807) is 19.1 Å². The van der Waals surface area contributed by atoms with Crippen LogP contribution in [0.4, 0.5) is 0 Å². The molecule has 0 spiro atoms. The topological polar surface area (TPSA) is 30.2 Å². The van der Waals surface area contributed by atoms with Crippen molar-refractivity contribution in [2.75, 3.05) is 0 Å². The van der Waals surface area contributed by atoms with Gasteiger partial charge in [-0.25, -0.2) is 0 Å². The Bertz CT molecular complexity index is 377. The number of ketones is 1. The molecule has 0 bridgehead atoms. The molecule has 0 N–H and O–H groups in total. The van der Waals surface area contributed by atoms with Crippen LogP contribution in [0.3, 0.4) is 0 Å². The number of Topliss-reactive ketones (excluding diaryl/α,β-unsaturated/α-hetero) is 1. The predicted molar refractivity (Wildman–Crippen MR) is 44.3 cm³/mol. The van der Waals surface area contributed by atoms with E-state index in [1.165, 1.54) is 6.26 Å². The van der Waals surface area contributed by atoms with Gasteiger partial charge in [-0.2, -0.15) is 0 Å². The molecular weight excluding hydrogens is 152 g/mol. The van der Waals surface area contributed by atoms with E-state index in [2.05, 4.69) is 23.7 Å². The van der Waals surface area contributed by atoms with Crippen LogP contribution in [0.15, 0.2) is 22.8 Å². The Balaban J connectivity index is 2.74. The van der Waals surface area contributed by atoms with E-state index in [0.29, 0.717) is 0 Å². The van der Waals surface area contributed by atoms with E-state index in [0.717, 1.165) is 0 Å². The maximum Gasteiger partial charge on any atom is 0.272 e. The molecule has 1 rings (SSSR count). The smallest absolute Gasteiger partial charge is 0.272 e. The van der Waals surface area contributed by atoms with Gasteiger partial charge in [-0.1, -0.05) is 5.92 Å². The molecule has 12 heavy (non-hydrogen) atoms. The van der Waals surface area contributed by atoms with Crippen molar-refractivity contribution in [2.24, 2.45) is 0 Å². The van der Waals surface area contributed by atoms with Gasteiger partial charge in [-0.05, 0) is 36.8 Å².